The van der Waals surface area contributed by atoms with E-state index in [9.17, 15) is 4.57 Å². The van der Waals surface area contributed by atoms with Crippen LogP contribution in [0.2, 0.25) is 0 Å². The topological polar surface area (TPSA) is 26.3 Å². The molecule has 1 atom stereocenters. The van der Waals surface area contributed by atoms with Crippen LogP contribution in [0.15, 0.2) is 65.6 Å². The number of benzene rings is 2. The fourth-order valence-corrected chi connectivity index (χ4v) is 4.62. The lowest BCUT2D eigenvalue weighted by Gasteiger charge is -2.11. The maximum Gasteiger partial charge on any atom is 0.398 e. The fraction of sp³-hybridized carbons (Fsp3) is 0. The fourth-order valence-electron chi connectivity index (χ4n) is 1.23. The summed E-state index contributed by atoms with van der Waals surface area (Å²) in [6.45, 7) is 0. The predicted octanol–water partition coefficient (Wildman–Crippen LogP) is 5.20. The quantitative estimate of drug-likeness (QED) is 0.721. The molecule has 0 aromatic heterocycles. The molecule has 0 aliphatic heterocycles. The summed E-state index contributed by atoms with van der Waals surface area (Å²) in [7, 11) is 0. The van der Waals surface area contributed by atoms with Crippen LogP contribution in [-0.2, 0) is 4.57 Å². The van der Waals surface area contributed by atoms with Crippen molar-refractivity contribution in [3.05, 3.63) is 60.7 Å². The zero-order valence-corrected chi connectivity index (χ0v) is 11.3. The lowest BCUT2D eigenvalue weighted by molar-refractivity contribution is 0.514. The van der Waals surface area contributed by atoms with Gasteiger partial charge in [0, 0.05) is 4.90 Å². The monoisotopic (exact) mass is 284 g/mol. The van der Waals surface area contributed by atoms with Gasteiger partial charge in [-0.3, -0.25) is 0 Å². The molecule has 0 N–H and O–H groups in total. The molecular weight excluding hydrogens is 275 g/mol. The van der Waals surface area contributed by atoms with Gasteiger partial charge in [-0.05, 0) is 46.9 Å². The van der Waals surface area contributed by atoms with Gasteiger partial charge in [0.1, 0.15) is 5.75 Å². The Bertz CT molecular complexity index is 473. The first-order chi connectivity index (χ1) is 8.16. The standard InChI is InChI=1S/C12H10ClO2PS/c13-16(14,15-11-7-3-1-4-8-11)17-12-9-5-2-6-10-12/h1-10H. The van der Waals surface area contributed by atoms with Crippen LogP contribution in [0.5, 0.6) is 5.75 Å². The maximum atomic E-state index is 12.1. The highest BCUT2D eigenvalue weighted by Gasteiger charge is 2.23. The summed E-state index contributed by atoms with van der Waals surface area (Å²) in [5.74, 6) is -2.74. The molecule has 0 saturated heterocycles. The maximum absolute atomic E-state index is 12.1. The Kier molecular flexibility index (Phi) is 4.16. The van der Waals surface area contributed by atoms with Crippen molar-refractivity contribution in [3.63, 3.8) is 0 Å². The van der Waals surface area contributed by atoms with E-state index < -0.39 is 5.92 Å². The van der Waals surface area contributed by atoms with Crippen LogP contribution in [0.4, 0.5) is 0 Å². The van der Waals surface area contributed by atoms with E-state index in [1.165, 1.54) is 0 Å². The SMILES string of the molecule is O=P(Cl)(Oc1ccccc1)Sc1ccccc1. The molecule has 88 valence electrons. The van der Waals surface area contributed by atoms with Gasteiger partial charge in [0.25, 0.3) is 0 Å². The Morgan fingerprint density at radius 3 is 2.06 bits per heavy atom. The van der Waals surface area contributed by atoms with E-state index in [-0.39, 0.29) is 0 Å². The number of rotatable bonds is 4. The minimum absolute atomic E-state index is 0.509. The first-order valence-corrected chi connectivity index (χ1v) is 8.90. The molecule has 2 aromatic rings. The number of hydrogen-bond donors (Lipinski definition) is 0. The minimum atomic E-state index is -3.25. The van der Waals surface area contributed by atoms with Crippen molar-refractivity contribution < 1.29 is 9.09 Å². The van der Waals surface area contributed by atoms with Crippen molar-refractivity contribution in [2.45, 2.75) is 4.90 Å². The molecule has 0 saturated carbocycles. The van der Waals surface area contributed by atoms with Crippen LogP contribution in [0.25, 0.3) is 0 Å². The smallest absolute Gasteiger partial charge is 0.398 e. The summed E-state index contributed by atoms with van der Waals surface area (Å²) in [5, 5.41) is 0. The van der Waals surface area contributed by atoms with E-state index in [4.69, 9.17) is 15.8 Å². The van der Waals surface area contributed by atoms with Gasteiger partial charge in [-0.2, -0.15) is 0 Å². The highest BCUT2D eigenvalue weighted by molar-refractivity contribution is 8.63. The van der Waals surface area contributed by atoms with Gasteiger partial charge in [0.2, 0.25) is 0 Å². The summed E-state index contributed by atoms with van der Waals surface area (Å²) in [5.41, 5.74) is 0. The molecule has 2 rings (SSSR count). The highest BCUT2D eigenvalue weighted by Crippen LogP contribution is 2.66. The highest BCUT2D eigenvalue weighted by atomic mass is 35.7. The van der Waals surface area contributed by atoms with E-state index in [1.54, 1.807) is 24.3 Å². The van der Waals surface area contributed by atoms with Crippen molar-refractivity contribution >= 4 is 28.5 Å². The van der Waals surface area contributed by atoms with Crippen molar-refractivity contribution in [2.24, 2.45) is 0 Å². The Hall–Kier alpha value is -0.890. The lowest BCUT2D eigenvalue weighted by atomic mass is 10.3. The lowest BCUT2D eigenvalue weighted by Crippen LogP contribution is -1.83. The third-order valence-corrected chi connectivity index (χ3v) is 5.38. The number of para-hydroxylation sites is 1. The summed E-state index contributed by atoms with van der Waals surface area (Å²) in [4.78, 5) is 0.821. The van der Waals surface area contributed by atoms with Crippen LogP contribution in [0, 0.1) is 0 Å². The Morgan fingerprint density at radius 2 is 1.47 bits per heavy atom. The first kappa shape index (κ1) is 12.6. The van der Waals surface area contributed by atoms with Gasteiger partial charge in [0.05, 0.1) is 0 Å². The summed E-state index contributed by atoms with van der Waals surface area (Å²) < 4.78 is 17.3. The van der Waals surface area contributed by atoms with Crippen molar-refractivity contribution in [3.8, 4) is 5.75 Å². The van der Waals surface area contributed by atoms with Crippen LogP contribution in [-0.4, -0.2) is 0 Å². The van der Waals surface area contributed by atoms with Crippen LogP contribution < -0.4 is 4.52 Å². The first-order valence-electron chi connectivity index (χ1n) is 4.95. The number of hydrogen-bond acceptors (Lipinski definition) is 3. The predicted molar refractivity (Wildman–Crippen MR) is 72.8 cm³/mol. The second-order valence-corrected chi connectivity index (χ2v) is 8.86. The zero-order valence-electron chi connectivity index (χ0n) is 8.82. The van der Waals surface area contributed by atoms with Crippen molar-refractivity contribution in [2.75, 3.05) is 0 Å². The average Bonchev–Trinajstić information content (AvgIpc) is 2.30. The van der Waals surface area contributed by atoms with E-state index in [2.05, 4.69) is 0 Å². The molecule has 1 unspecified atom stereocenters. The van der Waals surface area contributed by atoms with E-state index in [1.807, 2.05) is 36.4 Å². The van der Waals surface area contributed by atoms with Crippen molar-refractivity contribution in [1.82, 2.24) is 0 Å². The van der Waals surface area contributed by atoms with E-state index in [0.717, 1.165) is 16.3 Å². The molecule has 17 heavy (non-hydrogen) atoms. The molecule has 0 aliphatic carbocycles. The second kappa shape index (κ2) is 5.63. The molecule has 2 aromatic carbocycles. The Morgan fingerprint density at radius 1 is 0.941 bits per heavy atom. The Labute approximate surface area is 109 Å². The van der Waals surface area contributed by atoms with Gasteiger partial charge < -0.3 is 4.52 Å². The van der Waals surface area contributed by atoms with Gasteiger partial charge in [-0.1, -0.05) is 36.4 Å². The molecule has 0 radical (unpaired) electrons. The third-order valence-electron chi connectivity index (χ3n) is 1.92. The van der Waals surface area contributed by atoms with E-state index >= 15 is 0 Å². The normalized spacial score (nSPS) is 13.9. The number of halogens is 1. The van der Waals surface area contributed by atoms with Gasteiger partial charge in [0.15, 0.2) is 0 Å². The molecule has 0 spiro atoms. The minimum Gasteiger partial charge on any atom is -0.425 e. The van der Waals surface area contributed by atoms with Crippen LogP contribution in [0.1, 0.15) is 0 Å². The molecule has 0 amide bonds. The average molecular weight is 285 g/mol. The Balaban J connectivity index is 2.07. The molecule has 0 aliphatic rings. The molecule has 0 heterocycles. The second-order valence-electron chi connectivity index (χ2n) is 3.24. The molecule has 0 fully saturated rings. The van der Waals surface area contributed by atoms with Gasteiger partial charge in [-0.25, -0.2) is 4.57 Å². The summed E-state index contributed by atoms with van der Waals surface area (Å²) >= 11 is 6.94. The van der Waals surface area contributed by atoms with E-state index in [0.29, 0.717) is 5.75 Å². The molecular formula is C12H10ClO2PS. The van der Waals surface area contributed by atoms with Crippen LogP contribution in [0.3, 0.4) is 0 Å². The zero-order chi connectivity index (χ0) is 12.1. The summed E-state index contributed by atoms with van der Waals surface area (Å²) in [6, 6.07) is 18.2. The molecule has 5 heteroatoms. The molecule has 2 nitrogen and oxygen atoms in total. The third kappa shape index (κ3) is 4.12. The van der Waals surface area contributed by atoms with Gasteiger partial charge >= 0.3 is 5.92 Å². The van der Waals surface area contributed by atoms with Crippen molar-refractivity contribution in [1.29, 1.82) is 0 Å². The molecule has 0 bridgehead atoms. The summed E-state index contributed by atoms with van der Waals surface area (Å²) in [6.07, 6.45) is 0. The van der Waals surface area contributed by atoms with Gasteiger partial charge in [-0.15, -0.1) is 0 Å². The largest absolute Gasteiger partial charge is 0.425 e. The van der Waals surface area contributed by atoms with Crippen LogP contribution >= 0.6 is 28.5 Å².